The van der Waals surface area contributed by atoms with E-state index in [0.717, 1.165) is 56.2 Å². The van der Waals surface area contributed by atoms with E-state index in [-0.39, 0.29) is 5.82 Å². The van der Waals surface area contributed by atoms with Gasteiger partial charge in [-0.05, 0) is 49.4 Å². The van der Waals surface area contributed by atoms with Crippen LogP contribution in [0.5, 0.6) is 0 Å². The van der Waals surface area contributed by atoms with Gasteiger partial charge in [-0.2, -0.15) is 0 Å². The molecule has 0 aromatic heterocycles. The van der Waals surface area contributed by atoms with Crippen LogP contribution < -0.4 is 5.32 Å². The third-order valence-electron chi connectivity index (χ3n) is 3.69. The smallest absolute Gasteiger partial charge is 0.126 e. The van der Waals surface area contributed by atoms with Crippen LogP contribution in [-0.2, 0) is 6.42 Å². The molecule has 0 fully saturated rings. The van der Waals surface area contributed by atoms with Crippen molar-refractivity contribution in [3.63, 3.8) is 0 Å². The summed E-state index contributed by atoms with van der Waals surface area (Å²) in [6, 6.07) is 5.72. The monoisotopic (exact) mass is 251 g/mol. The third-order valence-corrected chi connectivity index (χ3v) is 3.69. The molecule has 0 radical (unpaired) electrons. The van der Waals surface area contributed by atoms with Gasteiger partial charge in [0.2, 0.25) is 0 Å². The number of hydrogen-bond acceptors (Lipinski definition) is 2. The average Bonchev–Trinajstić information content (AvgIpc) is 2.79. The van der Waals surface area contributed by atoms with Crippen LogP contribution >= 0.6 is 0 Å². The maximum Gasteiger partial charge on any atom is 0.126 e. The van der Waals surface area contributed by atoms with Crippen LogP contribution in [0.15, 0.2) is 18.2 Å². The highest BCUT2D eigenvalue weighted by Crippen LogP contribution is 2.32. The van der Waals surface area contributed by atoms with Crippen LogP contribution in [0.1, 0.15) is 49.3 Å². The van der Waals surface area contributed by atoms with Gasteiger partial charge in [0.05, 0.1) is 0 Å². The maximum atomic E-state index is 13.5. The van der Waals surface area contributed by atoms with Crippen molar-refractivity contribution in [1.29, 1.82) is 0 Å². The molecule has 1 aliphatic carbocycles. The molecular weight excluding hydrogens is 229 g/mol. The lowest BCUT2D eigenvalue weighted by Crippen LogP contribution is -2.20. The van der Waals surface area contributed by atoms with Crippen molar-refractivity contribution in [2.24, 2.45) is 0 Å². The second-order valence-electron chi connectivity index (χ2n) is 4.99. The molecule has 1 aromatic rings. The summed E-state index contributed by atoms with van der Waals surface area (Å²) < 4.78 is 13.5. The van der Waals surface area contributed by atoms with Crippen molar-refractivity contribution >= 4 is 0 Å². The summed E-state index contributed by atoms with van der Waals surface area (Å²) in [5.74, 6) is -0.0558. The Balaban J connectivity index is 1.75. The van der Waals surface area contributed by atoms with Crippen molar-refractivity contribution in [2.45, 2.75) is 44.6 Å². The Hall–Kier alpha value is -0.930. The molecule has 1 unspecified atom stereocenters. The normalized spacial score (nSPS) is 18.0. The molecule has 0 amide bonds. The highest BCUT2D eigenvalue weighted by molar-refractivity contribution is 5.35. The predicted octanol–water partition coefficient (Wildman–Crippen LogP) is 2.96. The van der Waals surface area contributed by atoms with E-state index in [2.05, 4.69) is 5.32 Å². The Kier molecular flexibility index (Phi) is 5.14. The SMILES string of the molecule is OCCCCCCNC1CCc2c(F)cccc21. The molecule has 18 heavy (non-hydrogen) atoms. The first-order valence-corrected chi connectivity index (χ1v) is 6.94. The minimum atomic E-state index is -0.0558. The minimum Gasteiger partial charge on any atom is -0.396 e. The van der Waals surface area contributed by atoms with Crippen molar-refractivity contribution in [1.82, 2.24) is 5.32 Å². The molecule has 100 valence electrons. The van der Waals surface area contributed by atoms with Crippen molar-refractivity contribution in [3.05, 3.63) is 35.1 Å². The number of unbranched alkanes of at least 4 members (excludes halogenated alkanes) is 3. The zero-order valence-corrected chi connectivity index (χ0v) is 10.8. The molecule has 2 rings (SSSR count). The molecule has 0 spiro atoms. The summed E-state index contributed by atoms with van der Waals surface area (Å²) in [7, 11) is 0. The fourth-order valence-corrected chi connectivity index (χ4v) is 2.69. The molecule has 0 saturated carbocycles. The van der Waals surface area contributed by atoms with Crippen LogP contribution in [0.25, 0.3) is 0 Å². The number of halogens is 1. The van der Waals surface area contributed by atoms with E-state index in [9.17, 15) is 4.39 Å². The van der Waals surface area contributed by atoms with Crippen molar-refractivity contribution in [3.8, 4) is 0 Å². The first kappa shape index (κ1) is 13.5. The van der Waals surface area contributed by atoms with Gasteiger partial charge in [0.25, 0.3) is 0 Å². The molecule has 2 N–H and O–H groups in total. The second-order valence-corrected chi connectivity index (χ2v) is 4.99. The molecule has 1 aromatic carbocycles. The van der Waals surface area contributed by atoms with E-state index < -0.39 is 0 Å². The summed E-state index contributed by atoms with van der Waals surface area (Å²) in [4.78, 5) is 0. The summed E-state index contributed by atoms with van der Waals surface area (Å²) >= 11 is 0. The molecule has 0 heterocycles. The van der Waals surface area contributed by atoms with Gasteiger partial charge < -0.3 is 10.4 Å². The first-order chi connectivity index (χ1) is 8.83. The maximum absolute atomic E-state index is 13.5. The number of fused-ring (bicyclic) bond motifs is 1. The van der Waals surface area contributed by atoms with E-state index in [1.807, 2.05) is 6.07 Å². The summed E-state index contributed by atoms with van der Waals surface area (Å²) in [5, 5.41) is 12.2. The number of nitrogens with one attached hydrogen (secondary N) is 1. The summed E-state index contributed by atoms with van der Waals surface area (Å²) in [6.07, 6.45) is 6.13. The Bertz CT molecular complexity index is 381. The minimum absolute atomic E-state index is 0.0558. The van der Waals surface area contributed by atoms with Gasteiger partial charge in [0, 0.05) is 12.6 Å². The fourth-order valence-electron chi connectivity index (χ4n) is 2.69. The number of aliphatic hydroxyl groups is 1. The lowest BCUT2D eigenvalue weighted by molar-refractivity contribution is 0.282. The standard InChI is InChI=1S/C15H22FNO/c16-14-7-5-6-13-12(14)8-9-15(13)17-10-3-1-2-4-11-18/h5-7,15,17-18H,1-4,8-11H2. The van der Waals surface area contributed by atoms with Gasteiger partial charge in [-0.1, -0.05) is 25.0 Å². The van der Waals surface area contributed by atoms with Gasteiger partial charge in [0.15, 0.2) is 0 Å². The molecule has 2 nitrogen and oxygen atoms in total. The van der Waals surface area contributed by atoms with Crippen LogP contribution in [0.2, 0.25) is 0 Å². The number of rotatable bonds is 7. The third kappa shape index (κ3) is 3.30. The van der Waals surface area contributed by atoms with E-state index >= 15 is 0 Å². The lowest BCUT2D eigenvalue weighted by Gasteiger charge is -2.13. The number of benzene rings is 1. The summed E-state index contributed by atoms with van der Waals surface area (Å²) in [6.45, 7) is 1.27. The number of hydrogen-bond donors (Lipinski definition) is 2. The first-order valence-electron chi connectivity index (χ1n) is 6.94. The topological polar surface area (TPSA) is 32.3 Å². The van der Waals surface area contributed by atoms with Crippen LogP contribution in [-0.4, -0.2) is 18.3 Å². The van der Waals surface area contributed by atoms with Gasteiger partial charge in [-0.15, -0.1) is 0 Å². The highest BCUT2D eigenvalue weighted by atomic mass is 19.1. The Morgan fingerprint density at radius 1 is 1.22 bits per heavy atom. The van der Waals surface area contributed by atoms with E-state index in [0.29, 0.717) is 12.6 Å². The number of aliphatic hydroxyl groups excluding tert-OH is 1. The van der Waals surface area contributed by atoms with E-state index in [1.54, 1.807) is 12.1 Å². The molecular formula is C15H22FNO. The van der Waals surface area contributed by atoms with E-state index in [4.69, 9.17) is 5.11 Å². The quantitative estimate of drug-likeness (QED) is 0.730. The van der Waals surface area contributed by atoms with Crippen molar-refractivity contribution < 1.29 is 9.50 Å². The zero-order chi connectivity index (χ0) is 12.8. The molecule has 0 bridgehead atoms. The highest BCUT2D eigenvalue weighted by Gasteiger charge is 2.23. The Labute approximate surface area is 108 Å². The van der Waals surface area contributed by atoms with Gasteiger partial charge >= 0.3 is 0 Å². The van der Waals surface area contributed by atoms with Gasteiger partial charge in [0.1, 0.15) is 5.82 Å². The van der Waals surface area contributed by atoms with Crippen LogP contribution in [0, 0.1) is 5.82 Å². The largest absolute Gasteiger partial charge is 0.396 e. The van der Waals surface area contributed by atoms with Crippen molar-refractivity contribution in [2.75, 3.05) is 13.2 Å². The van der Waals surface area contributed by atoms with Gasteiger partial charge in [-0.25, -0.2) is 4.39 Å². The van der Waals surface area contributed by atoms with Crippen LogP contribution in [0.3, 0.4) is 0 Å². The Morgan fingerprint density at radius 2 is 2.06 bits per heavy atom. The molecule has 1 atom stereocenters. The fraction of sp³-hybridized carbons (Fsp3) is 0.600. The summed E-state index contributed by atoms with van der Waals surface area (Å²) in [5.41, 5.74) is 2.04. The van der Waals surface area contributed by atoms with Crippen LogP contribution in [0.4, 0.5) is 4.39 Å². The molecule has 0 aliphatic heterocycles. The Morgan fingerprint density at radius 3 is 2.89 bits per heavy atom. The van der Waals surface area contributed by atoms with E-state index in [1.165, 1.54) is 0 Å². The molecule has 0 saturated heterocycles. The molecule has 3 heteroatoms. The van der Waals surface area contributed by atoms with Gasteiger partial charge in [-0.3, -0.25) is 0 Å². The lowest BCUT2D eigenvalue weighted by atomic mass is 10.1. The second kappa shape index (κ2) is 6.86. The predicted molar refractivity (Wildman–Crippen MR) is 71.0 cm³/mol. The zero-order valence-electron chi connectivity index (χ0n) is 10.8. The average molecular weight is 251 g/mol. The molecule has 1 aliphatic rings.